The fraction of sp³-hybridized carbons (Fsp3) is 0.381. The quantitative estimate of drug-likeness (QED) is 0.104. The van der Waals surface area contributed by atoms with Gasteiger partial charge in [0.25, 0.3) is 0 Å². The highest BCUT2D eigenvalue weighted by molar-refractivity contribution is 6.00. The number of hydrogen-bond donors (Lipinski definition) is 0. The Balaban J connectivity index is 1.29. The smallest absolute Gasteiger partial charge is 0.203 e. The van der Waals surface area contributed by atoms with Gasteiger partial charge in [-0.05, 0) is 97.5 Å². The third-order valence-electron chi connectivity index (χ3n) is 9.79. The number of methoxy groups -OCH3 is 6. The number of Topliss-reactive ketones (excluding diaryl/α,β-unsaturated/α-hetero) is 2. The summed E-state index contributed by atoms with van der Waals surface area (Å²) in [6.45, 7) is 7.71. The first-order valence-corrected chi connectivity index (χ1v) is 17.3. The summed E-state index contributed by atoms with van der Waals surface area (Å²) in [5.74, 6) is 3.69. The van der Waals surface area contributed by atoms with Crippen molar-refractivity contribution in [1.29, 1.82) is 0 Å². The fourth-order valence-electron chi connectivity index (χ4n) is 6.57. The van der Waals surface area contributed by atoms with Crippen LogP contribution in [0.4, 0.5) is 0 Å². The second-order valence-electron chi connectivity index (χ2n) is 12.9. The first kappa shape index (κ1) is 38.8. The molecule has 11 heteroatoms. The Morgan fingerprint density at radius 3 is 1.13 bits per heavy atom. The largest absolute Gasteiger partial charge is 0.493 e. The molecule has 0 spiro atoms. The summed E-state index contributed by atoms with van der Waals surface area (Å²) in [4.78, 5) is 26.5. The number of benzene rings is 4. The lowest BCUT2D eigenvalue weighted by Crippen LogP contribution is -2.24. The van der Waals surface area contributed by atoms with Gasteiger partial charge in [-0.2, -0.15) is 0 Å². The van der Waals surface area contributed by atoms with Crippen LogP contribution < -0.4 is 37.9 Å². The van der Waals surface area contributed by atoms with Crippen LogP contribution in [0.5, 0.6) is 46.0 Å². The lowest BCUT2D eigenvalue weighted by atomic mass is 9.85. The lowest BCUT2D eigenvalue weighted by Gasteiger charge is -2.21. The van der Waals surface area contributed by atoms with Crippen LogP contribution in [-0.2, 0) is 4.74 Å². The van der Waals surface area contributed by atoms with Crippen LogP contribution in [0.25, 0.3) is 0 Å². The van der Waals surface area contributed by atoms with Crippen LogP contribution >= 0.6 is 0 Å². The average Bonchev–Trinajstić information content (AvgIpc) is 3.49. The van der Waals surface area contributed by atoms with Crippen LogP contribution in [0.15, 0.2) is 72.8 Å². The predicted molar refractivity (Wildman–Crippen MR) is 199 cm³/mol. The van der Waals surface area contributed by atoms with Crippen molar-refractivity contribution in [2.75, 3.05) is 42.7 Å². The first-order valence-electron chi connectivity index (χ1n) is 17.3. The zero-order valence-electron chi connectivity index (χ0n) is 31.9. The molecule has 0 aliphatic carbocycles. The van der Waals surface area contributed by atoms with Gasteiger partial charge in [0.1, 0.15) is 0 Å². The zero-order chi connectivity index (χ0) is 38.4. The topological polar surface area (TPSA) is 117 Å². The van der Waals surface area contributed by atoms with Crippen molar-refractivity contribution in [2.45, 2.75) is 52.1 Å². The van der Waals surface area contributed by atoms with E-state index in [0.29, 0.717) is 57.1 Å². The predicted octanol–water partition coefficient (Wildman–Crippen LogP) is 8.12. The average molecular weight is 729 g/mol. The van der Waals surface area contributed by atoms with E-state index < -0.39 is 12.2 Å². The number of ether oxygens (including phenoxy) is 9. The summed E-state index contributed by atoms with van der Waals surface area (Å²) < 4.78 is 51.7. The third-order valence-corrected chi connectivity index (χ3v) is 9.79. The molecule has 53 heavy (non-hydrogen) atoms. The fourth-order valence-corrected chi connectivity index (χ4v) is 6.57. The Hall–Kier alpha value is -5.42. The van der Waals surface area contributed by atoms with Gasteiger partial charge in [-0.25, -0.2) is 0 Å². The molecule has 0 bridgehead atoms. The highest BCUT2D eigenvalue weighted by Gasteiger charge is 2.41. The van der Waals surface area contributed by atoms with Crippen LogP contribution in [0.2, 0.25) is 0 Å². The molecule has 0 N–H and O–H groups in total. The second-order valence-corrected chi connectivity index (χ2v) is 12.9. The molecule has 0 amide bonds. The van der Waals surface area contributed by atoms with Crippen molar-refractivity contribution in [3.05, 3.63) is 95.1 Å². The highest BCUT2D eigenvalue weighted by Crippen LogP contribution is 2.51. The Morgan fingerprint density at radius 2 is 0.792 bits per heavy atom. The first-order chi connectivity index (χ1) is 25.5. The van der Waals surface area contributed by atoms with Crippen molar-refractivity contribution >= 4 is 11.6 Å². The summed E-state index contributed by atoms with van der Waals surface area (Å²) in [5.41, 5.74) is 2.72. The van der Waals surface area contributed by atoms with Crippen LogP contribution in [0.3, 0.4) is 0 Å². The molecule has 1 saturated heterocycles. The standard InChI is InChI=1S/C42H48O11/c1-23-24(2)42(30-14-18-34(38(22-30)50-10)52-26(4)40(44)28-12-16-32(46-6)36(20-28)48-8)53-41(23)29-13-17-33(37(21-29)49-9)51-25(3)39(43)27-11-15-31(45-5)35(19-27)47-7/h11-26,41-42H,1-10H3/t23-,24?,25?,26-,41?,42?/m1/s1. The van der Waals surface area contributed by atoms with Gasteiger partial charge in [-0.15, -0.1) is 0 Å². The maximum Gasteiger partial charge on any atom is 0.203 e. The van der Waals surface area contributed by atoms with Gasteiger partial charge in [0.2, 0.25) is 11.6 Å². The molecule has 4 aromatic rings. The van der Waals surface area contributed by atoms with Crippen molar-refractivity contribution in [1.82, 2.24) is 0 Å². The molecule has 1 fully saturated rings. The van der Waals surface area contributed by atoms with E-state index in [1.807, 2.05) is 24.3 Å². The SMILES string of the molecule is COc1ccc(C(=O)C(C)Oc2ccc(C3OC(c4ccc(O[C@H](C)C(=O)c5ccc(OC)c(OC)c5)c(OC)c4)C(C)[C@H]3C)cc2OC)cc1OC. The number of carbonyl (C=O) groups is 2. The molecule has 5 rings (SSSR count). The Bertz CT molecular complexity index is 1780. The molecule has 1 heterocycles. The van der Waals surface area contributed by atoms with Gasteiger partial charge >= 0.3 is 0 Å². The third kappa shape index (κ3) is 8.15. The van der Waals surface area contributed by atoms with E-state index in [2.05, 4.69) is 13.8 Å². The molecular weight excluding hydrogens is 680 g/mol. The van der Waals surface area contributed by atoms with Crippen molar-refractivity contribution in [3.8, 4) is 46.0 Å². The van der Waals surface area contributed by atoms with Crippen LogP contribution in [0.1, 0.15) is 71.7 Å². The Morgan fingerprint density at radius 1 is 0.472 bits per heavy atom. The molecule has 1 aliphatic rings. The van der Waals surface area contributed by atoms with Gasteiger partial charge in [-0.1, -0.05) is 26.0 Å². The molecule has 0 aromatic heterocycles. The van der Waals surface area contributed by atoms with E-state index in [-0.39, 0.29) is 35.6 Å². The summed E-state index contributed by atoms with van der Waals surface area (Å²) in [6.07, 6.45) is -2.09. The van der Waals surface area contributed by atoms with Crippen LogP contribution in [0, 0.1) is 11.8 Å². The van der Waals surface area contributed by atoms with E-state index >= 15 is 0 Å². The molecule has 6 atom stereocenters. The monoisotopic (exact) mass is 728 g/mol. The molecular formula is C42H48O11. The minimum absolute atomic E-state index is 0.142. The maximum atomic E-state index is 13.3. The normalized spacial score (nSPS) is 19.1. The van der Waals surface area contributed by atoms with Gasteiger partial charge in [0, 0.05) is 11.1 Å². The van der Waals surface area contributed by atoms with E-state index in [9.17, 15) is 9.59 Å². The van der Waals surface area contributed by atoms with Crippen molar-refractivity contribution < 1.29 is 52.2 Å². The maximum absolute atomic E-state index is 13.3. The molecule has 282 valence electrons. The molecule has 4 aromatic carbocycles. The number of ketones is 2. The van der Waals surface area contributed by atoms with E-state index in [0.717, 1.165) is 11.1 Å². The molecule has 0 saturated carbocycles. The molecule has 0 radical (unpaired) electrons. The van der Waals surface area contributed by atoms with E-state index in [1.165, 1.54) is 14.2 Å². The highest BCUT2D eigenvalue weighted by atomic mass is 16.5. The molecule has 1 aliphatic heterocycles. The summed E-state index contributed by atoms with van der Waals surface area (Å²) >= 11 is 0. The summed E-state index contributed by atoms with van der Waals surface area (Å²) in [7, 11) is 9.26. The summed E-state index contributed by atoms with van der Waals surface area (Å²) in [5, 5.41) is 0. The minimum atomic E-state index is -0.798. The number of carbonyl (C=O) groups excluding carboxylic acids is 2. The van der Waals surface area contributed by atoms with Gasteiger partial charge in [0.15, 0.2) is 58.2 Å². The van der Waals surface area contributed by atoms with Crippen molar-refractivity contribution in [3.63, 3.8) is 0 Å². The Labute approximate surface area is 311 Å². The number of hydrogen-bond acceptors (Lipinski definition) is 11. The molecule has 4 unspecified atom stereocenters. The summed E-state index contributed by atoms with van der Waals surface area (Å²) in [6, 6.07) is 21.3. The van der Waals surface area contributed by atoms with Gasteiger partial charge in [0.05, 0.1) is 54.9 Å². The van der Waals surface area contributed by atoms with Gasteiger partial charge in [-0.3, -0.25) is 9.59 Å². The minimum Gasteiger partial charge on any atom is -0.493 e. The Kier molecular flexibility index (Phi) is 12.4. The zero-order valence-corrected chi connectivity index (χ0v) is 31.9. The number of rotatable bonds is 16. The lowest BCUT2D eigenvalue weighted by molar-refractivity contribution is 0.0287. The van der Waals surface area contributed by atoms with E-state index in [4.69, 9.17) is 42.6 Å². The molecule has 11 nitrogen and oxygen atoms in total. The van der Waals surface area contributed by atoms with Crippen molar-refractivity contribution in [2.24, 2.45) is 11.8 Å². The van der Waals surface area contributed by atoms with E-state index in [1.54, 1.807) is 90.8 Å². The second kappa shape index (κ2) is 16.9. The van der Waals surface area contributed by atoms with Gasteiger partial charge < -0.3 is 42.6 Å². The van der Waals surface area contributed by atoms with Crippen LogP contribution in [-0.4, -0.2) is 66.4 Å².